The van der Waals surface area contributed by atoms with Crippen molar-refractivity contribution in [1.29, 1.82) is 0 Å². The number of benzene rings is 3. The van der Waals surface area contributed by atoms with Crippen LogP contribution in [0.5, 0.6) is 0 Å². The number of carbonyl (C=O) groups excluding carboxylic acids is 4. The van der Waals surface area contributed by atoms with Gasteiger partial charge in [0.2, 0.25) is 5.91 Å². The molecule has 0 bridgehead atoms. The summed E-state index contributed by atoms with van der Waals surface area (Å²) < 4.78 is 11.6. The van der Waals surface area contributed by atoms with Crippen molar-refractivity contribution in [3.8, 4) is 11.1 Å². The van der Waals surface area contributed by atoms with Crippen molar-refractivity contribution in [1.82, 2.24) is 14.7 Å². The lowest BCUT2D eigenvalue weighted by Crippen LogP contribution is -2.53. The Morgan fingerprint density at radius 2 is 1.43 bits per heavy atom. The first kappa shape index (κ1) is 38.3. The van der Waals surface area contributed by atoms with E-state index in [0.29, 0.717) is 22.1 Å². The third kappa shape index (κ3) is 8.54. The molecule has 1 aliphatic heterocycles. The van der Waals surface area contributed by atoms with Gasteiger partial charge in [0.15, 0.2) is 0 Å². The van der Waals surface area contributed by atoms with Crippen molar-refractivity contribution in [3.05, 3.63) is 94.0 Å². The number of hydrogen-bond donors (Lipinski definition) is 1. The zero-order valence-electron chi connectivity index (χ0n) is 31.2. The number of nitrogens with two attached hydrogens (primary N) is 1. The lowest BCUT2D eigenvalue weighted by molar-refractivity contribution is -0.128. The molecule has 3 aromatic rings. The van der Waals surface area contributed by atoms with E-state index in [-0.39, 0.29) is 50.3 Å². The van der Waals surface area contributed by atoms with Gasteiger partial charge in [0, 0.05) is 23.0 Å². The number of nitrogens with zero attached hydrogens (tertiary/aromatic N) is 3. The van der Waals surface area contributed by atoms with E-state index < -0.39 is 23.7 Å². The number of amides is 5. The lowest BCUT2D eigenvalue weighted by Gasteiger charge is -2.38. The van der Waals surface area contributed by atoms with Crippen molar-refractivity contribution >= 4 is 35.7 Å². The van der Waals surface area contributed by atoms with Gasteiger partial charge in [0.25, 0.3) is 0 Å². The molecule has 2 aliphatic carbocycles. The van der Waals surface area contributed by atoms with E-state index in [1.807, 2.05) is 48.2 Å². The van der Waals surface area contributed by atoms with E-state index in [4.69, 9.17) is 26.8 Å². The van der Waals surface area contributed by atoms with Crippen LogP contribution in [0.15, 0.2) is 66.7 Å². The summed E-state index contributed by atoms with van der Waals surface area (Å²) in [5, 5.41) is 0.371. The third-order valence-corrected chi connectivity index (χ3v) is 11.1. The van der Waals surface area contributed by atoms with Crippen LogP contribution in [-0.2, 0) is 27.4 Å². The van der Waals surface area contributed by atoms with E-state index in [1.165, 1.54) is 11.3 Å². The van der Waals surface area contributed by atoms with Crippen LogP contribution in [0, 0.1) is 5.92 Å². The molecule has 0 aromatic heterocycles. The number of hydrogen-bond acceptors (Lipinski definition) is 7. The molecule has 6 rings (SSSR count). The van der Waals surface area contributed by atoms with Crippen molar-refractivity contribution in [2.45, 2.75) is 109 Å². The highest BCUT2D eigenvalue weighted by Gasteiger charge is 2.42. The molecular weight excluding hydrogens is 692 g/mol. The second-order valence-corrected chi connectivity index (χ2v) is 16.0. The molecule has 1 saturated carbocycles. The van der Waals surface area contributed by atoms with Gasteiger partial charge >= 0.3 is 18.2 Å². The highest BCUT2D eigenvalue weighted by molar-refractivity contribution is 6.30. The predicted octanol–water partition coefficient (Wildman–Crippen LogP) is 8.87. The first-order chi connectivity index (χ1) is 25.4. The zero-order chi connectivity index (χ0) is 37.9. The van der Waals surface area contributed by atoms with Crippen LogP contribution in [-0.4, -0.2) is 69.7 Å². The molecule has 53 heavy (non-hydrogen) atoms. The van der Waals surface area contributed by atoms with Gasteiger partial charge in [0.05, 0.1) is 19.6 Å². The maximum absolute atomic E-state index is 14.4. The van der Waals surface area contributed by atoms with Gasteiger partial charge in [-0.1, -0.05) is 85.5 Å². The third-order valence-electron chi connectivity index (χ3n) is 10.8. The molecule has 3 aromatic carbocycles. The first-order valence-corrected chi connectivity index (χ1v) is 19.2. The molecule has 10 nitrogen and oxygen atoms in total. The van der Waals surface area contributed by atoms with Crippen molar-refractivity contribution in [2.24, 2.45) is 11.7 Å². The summed E-state index contributed by atoms with van der Waals surface area (Å²) in [6, 6.07) is 20.6. The molecule has 1 saturated heterocycles. The van der Waals surface area contributed by atoms with E-state index in [9.17, 15) is 19.2 Å². The Labute approximate surface area is 317 Å². The number of halogens is 1. The summed E-state index contributed by atoms with van der Waals surface area (Å²) in [6.45, 7) is 6.44. The second-order valence-electron chi connectivity index (χ2n) is 15.5. The maximum Gasteiger partial charge on any atom is 0.420 e. The Bertz CT molecular complexity index is 1790. The summed E-state index contributed by atoms with van der Waals surface area (Å²) in [6.07, 6.45) is 5.64. The Balaban J connectivity index is 1.26. The van der Waals surface area contributed by atoms with Crippen LogP contribution in [0.2, 0.25) is 5.02 Å². The summed E-state index contributed by atoms with van der Waals surface area (Å²) in [4.78, 5) is 59.5. The highest BCUT2D eigenvalue weighted by Crippen LogP contribution is 2.44. The molecule has 2 atom stereocenters. The number of rotatable bonds is 8. The summed E-state index contributed by atoms with van der Waals surface area (Å²) in [5.41, 5.74) is 10.2. The molecule has 1 heterocycles. The largest absolute Gasteiger partial charge is 0.448 e. The Kier molecular flexibility index (Phi) is 11.8. The van der Waals surface area contributed by atoms with Crippen LogP contribution in [0.1, 0.15) is 101 Å². The Morgan fingerprint density at radius 1 is 0.811 bits per heavy atom. The predicted molar refractivity (Wildman–Crippen MR) is 204 cm³/mol. The van der Waals surface area contributed by atoms with Crippen LogP contribution >= 0.6 is 11.6 Å². The summed E-state index contributed by atoms with van der Waals surface area (Å²) in [5.74, 6) is -0.345. The van der Waals surface area contributed by atoms with Crippen LogP contribution in [0.3, 0.4) is 0 Å². The van der Waals surface area contributed by atoms with Gasteiger partial charge in [0.1, 0.15) is 12.2 Å². The Hall–Kier alpha value is -4.41. The lowest BCUT2D eigenvalue weighted by atomic mass is 9.83. The number of carbonyl (C=O) groups is 4. The molecule has 3 aliphatic rings. The molecule has 2 N–H and O–H groups in total. The molecule has 282 valence electrons. The average Bonchev–Trinajstić information content (AvgIpc) is 3.69. The van der Waals surface area contributed by atoms with Crippen molar-refractivity contribution in [2.75, 3.05) is 13.2 Å². The number of fused-ring (bicyclic) bond motifs is 3. The maximum atomic E-state index is 14.4. The fourth-order valence-electron chi connectivity index (χ4n) is 8.27. The Morgan fingerprint density at radius 3 is 2.06 bits per heavy atom. The minimum atomic E-state index is -0.903. The zero-order valence-corrected chi connectivity index (χ0v) is 31.9. The number of urea groups is 1. The normalized spacial score (nSPS) is 18.6. The van der Waals surface area contributed by atoms with E-state index >= 15 is 0 Å². The smallest absolute Gasteiger partial charge is 0.420 e. The van der Waals surface area contributed by atoms with Crippen LogP contribution < -0.4 is 5.73 Å². The number of likely N-dealkylation sites (tertiary alicyclic amines) is 1. The second kappa shape index (κ2) is 16.3. The van der Waals surface area contributed by atoms with Crippen molar-refractivity contribution < 1.29 is 28.7 Å². The van der Waals surface area contributed by atoms with E-state index in [0.717, 1.165) is 65.7 Å². The molecule has 0 radical (unpaired) electrons. The van der Waals surface area contributed by atoms with Crippen molar-refractivity contribution in [3.63, 3.8) is 0 Å². The van der Waals surface area contributed by atoms with E-state index in [1.54, 1.807) is 39.0 Å². The molecular formula is C42H51ClN4O6. The SMILES string of the molecule is C[C@@H]1CCC(C2CCCCC2)N1C(=O)N(Cc1cc(Cl)ccc1CN(C(=O)OCC1c2ccccc2-c2ccccc21)C(=O)OC(C)(C)C)C(=O)CN. The van der Waals surface area contributed by atoms with Gasteiger partial charge in [-0.05, 0) is 105 Å². The van der Waals surface area contributed by atoms with Gasteiger partial charge in [-0.15, -0.1) is 0 Å². The molecule has 5 amide bonds. The van der Waals surface area contributed by atoms with E-state index in [2.05, 4.69) is 12.1 Å². The molecule has 11 heteroatoms. The fourth-order valence-corrected chi connectivity index (χ4v) is 8.47. The summed E-state index contributed by atoms with van der Waals surface area (Å²) in [7, 11) is 0. The summed E-state index contributed by atoms with van der Waals surface area (Å²) >= 11 is 6.50. The van der Waals surface area contributed by atoms with Gasteiger partial charge in [-0.3, -0.25) is 9.69 Å². The molecule has 0 spiro atoms. The standard InChI is InChI=1S/C42H51ClN4O6/c1-27-18-21-37(28-12-6-5-7-13-28)47(27)39(49)45(38(48)23-44)25-30-22-31(43)20-19-29(30)24-46(41(51)53-42(2,3)4)40(50)52-26-36-34-16-10-8-14-32(34)33-15-9-11-17-35(33)36/h8-11,14-17,19-20,22,27-28,36-37H,5-7,12-13,18,21,23-26,44H2,1-4H3/t27-,37?/m1/s1. The van der Waals surface area contributed by atoms with Gasteiger partial charge in [-0.25, -0.2) is 19.3 Å². The van der Waals surface area contributed by atoms with Gasteiger partial charge in [-0.2, -0.15) is 0 Å². The topological polar surface area (TPSA) is 122 Å². The molecule has 2 fully saturated rings. The monoisotopic (exact) mass is 742 g/mol. The van der Waals surface area contributed by atoms with Crippen LogP contribution in [0.25, 0.3) is 11.1 Å². The minimum Gasteiger partial charge on any atom is -0.448 e. The average molecular weight is 743 g/mol. The number of ether oxygens (including phenoxy) is 2. The quantitative estimate of drug-likeness (QED) is 0.245. The minimum absolute atomic E-state index is 0.00307. The molecule has 1 unspecified atom stereocenters. The number of imide groups is 2. The highest BCUT2D eigenvalue weighted by atomic mass is 35.5. The van der Waals surface area contributed by atoms with Gasteiger partial charge < -0.3 is 20.1 Å². The van der Waals surface area contributed by atoms with Crippen LogP contribution in [0.4, 0.5) is 14.4 Å². The first-order valence-electron chi connectivity index (χ1n) is 18.8. The fraction of sp³-hybridized carbons (Fsp3) is 0.476.